The van der Waals surface area contributed by atoms with Gasteiger partial charge in [0.25, 0.3) is 0 Å². The van der Waals surface area contributed by atoms with Crippen molar-refractivity contribution in [2.45, 2.75) is 38.7 Å². The smallest absolute Gasteiger partial charge is 0.316 e. The molecule has 7 heteroatoms. The number of carbonyl (C=O) groups is 1. The highest BCUT2D eigenvalue weighted by Gasteiger charge is 2.26. The summed E-state index contributed by atoms with van der Waals surface area (Å²) >= 11 is 6.02. The van der Waals surface area contributed by atoms with Crippen molar-refractivity contribution in [2.75, 3.05) is 13.1 Å². The Morgan fingerprint density at radius 2 is 2.15 bits per heavy atom. The van der Waals surface area contributed by atoms with Gasteiger partial charge in [-0.3, -0.25) is 4.79 Å². The number of ether oxygens (including phenoxy) is 1. The molecule has 3 rings (SSSR count). The van der Waals surface area contributed by atoms with E-state index in [9.17, 15) is 9.18 Å². The monoisotopic (exact) mass is 377 g/mol. The second kappa shape index (κ2) is 8.45. The summed E-state index contributed by atoms with van der Waals surface area (Å²) in [5.41, 5.74) is 1.28. The van der Waals surface area contributed by atoms with Crippen LogP contribution < -0.4 is 4.74 Å². The van der Waals surface area contributed by atoms with Crippen LogP contribution in [-0.4, -0.2) is 40.0 Å². The van der Waals surface area contributed by atoms with E-state index in [1.54, 1.807) is 23.4 Å². The van der Waals surface area contributed by atoms with Crippen LogP contribution >= 0.6 is 11.6 Å². The highest BCUT2D eigenvalue weighted by atomic mass is 35.5. The van der Waals surface area contributed by atoms with Crippen LogP contribution in [0, 0.1) is 5.82 Å². The van der Waals surface area contributed by atoms with Crippen LogP contribution in [0.4, 0.5) is 4.39 Å². The zero-order valence-corrected chi connectivity index (χ0v) is 15.4. The minimum Gasteiger partial charge on any atom is -0.458 e. The van der Waals surface area contributed by atoms with Gasteiger partial charge in [0, 0.05) is 29.5 Å². The molecular formula is C19H21ClFN3O2. The molecule has 1 aromatic heterocycles. The number of aromatic nitrogens is 2. The SMILES string of the molecule is CCc1cnc(OC2CCCN(C(=O)Cc3c(F)cccc3Cl)C2)nc1. The van der Waals surface area contributed by atoms with Gasteiger partial charge in [0.05, 0.1) is 13.0 Å². The van der Waals surface area contributed by atoms with E-state index in [4.69, 9.17) is 16.3 Å². The van der Waals surface area contributed by atoms with Crippen LogP contribution in [0.3, 0.4) is 0 Å². The lowest BCUT2D eigenvalue weighted by atomic mass is 10.1. The van der Waals surface area contributed by atoms with E-state index in [-0.39, 0.29) is 29.0 Å². The topological polar surface area (TPSA) is 55.3 Å². The number of likely N-dealkylation sites (tertiary alicyclic amines) is 1. The molecule has 138 valence electrons. The van der Waals surface area contributed by atoms with Gasteiger partial charge in [0.15, 0.2) is 0 Å². The third-order valence-corrected chi connectivity index (χ3v) is 4.84. The predicted molar refractivity (Wildman–Crippen MR) is 96.8 cm³/mol. The molecular weight excluding hydrogens is 357 g/mol. The number of benzene rings is 1. The van der Waals surface area contributed by atoms with Crippen molar-refractivity contribution >= 4 is 17.5 Å². The molecule has 1 saturated heterocycles. The number of aryl methyl sites for hydroxylation is 1. The van der Waals surface area contributed by atoms with Crippen molar-refractivity contribution < 1.29 is 13.9 Å². The highest BCUT2D eigenvalue weighted by molar-refractivity contribution is 6.31. The fraction of sp³-hybridized carbons (Fsp3) is 0.421. The average molecular weight is 378 g/mol. The summed E-state index contributed by atoms with van der Waals surface area (Å²) in [7, 11) is 0. The average Bonchev–Trinajstić information content (AvgIpc) is 2.65. The molecule has 26 heavy (non-hydrogen) atoms. The van der Waals surface area contributed by atoms with E-state index in [1.807, 2.05) is 6.92 Å². The van der Waals surface area contributed by atoms with Crippen molar-refractivity contribution in [3.05, 3.63) is 52.6 Å². The van der Waals surface area contributed by atoms with E-state index < -0.39 is 5.82 Å². The Morgan fingerprint density at radius 1 is 1.38 bits per heavy atom. The fourth-order valence-electron chi connectivity index (χ4n) is 2.96. The third-order valence-electron chi connectivity index (χ3n) is 4.48. The molecule has 0 N–H and O–H groups in total. The van der Waals surface area contributed by atoms with Crippen molar-refractivity contribution in [1.29, 1.82) is 0 Å². The largest absolute Gasteiger partial charge is 0.458 e. The standard InChI is InChI=1S/C19H21ClFN3O2/c1-2-13-10-22-19(23-11-13)26-14-5-4-8-24(12-14)18(25)9-15-16(20)6-3-7-17(15)21/h3,6-7,10-11,14H,2,4-5,8-9,12H2,1H3. The maximum atomic E-state index is 13.9. The van der Waals surface area contributed by atoms with E-state index in [1.165, 1.54) is 12.1 Å². The molecule has 0 bridgehead atoms. The van der Waals surface area contributed by atoms with Gasteiger partial charge in [0.1, 0.15) is 11.9 Å². The molecule has 2 aromatic rings. The maximum absolute atomic E-state index is 13.9. The number of rotatable bonds is 5. The summed E-state index contributed by atoms with van der Waals surface area (Å²) < 4.78 is 19.7. The van der Waals surface area contributed by atoms with Crippen molar-refractivity contribution in [1.82, 2.24) is 14.9 Å². The zero-order valence-electron chi connectivity index (χ0n) is 14.6. The number of piperidine rings is 1. The summed E-state index contributed by atoms with van der Waals surface area (Å²) in [6, 6.07) is 4.75. The van der Waals surface area contributed by atoms with Crippen LogP contribution in [0.2, 0.25) is 5.02 Å². The minimum atomic E-state index is -0.458. The van der Waals surface area contributed by atoms with Gasteiger partial charge in [-0.05, 0) is 37.0 Å². The summed E-state index contributed by atoms with van der Waals surface area (Å²) in [4.78, 5) is 22.7. The van der Waals surface area contributed by atoms with Gasteiger partial charge in [-0.2, -0.15) is 0 Å². The van der Waals surface area contributed by atoms with Gasteiger partial charge >= 0.3 is 6.01 Å². The Labute approximate surface area is 157 Å². The Morgan fingerprint density at radius 3 is 2.85 bits per heavy atom. The van der Waals surface area contributed by atoms with Gasteiger partial charge in [-0.25, -0.2) is 14.4 Å². The first-order chi connectivity index (χ1) is 12.6. The van der Waals surface area contributed by atoms with Crippen LogP contribution in [-0.2, 0) is 17.6 Å². The van der Waals surface area contributed by atoms with E-state index in [0.717, 1.165) is 24.8 Å². The molecule has 1 fully saturated rings. The van der Waals surface area contributed by atoms with Gasteiger partial charge in [0.2, 0.25) is 5.91 Å². The zero-order chi connectivity index (χ0) is 18.5. The van der Waals surface area contributed by atoms with E-state index in [2.05, 4.69) is 9.97 Å². The van der Waals surface area contributed by atoms with E-state index >= 15 is 0 Å². The van der Waals surface area contributed by atoms with Crippen molar-refractivity contribution in [3.8, 4) is 6.01 Å². The number of halogens is 2. The molecule has 1 atom stereocenters. The number of nitrogens with zero attached hydrogens (tertiary/aromatic N) is 3. The highest BCUT2D eigenvalue weighted by Crippen LogP contribution is 2.22. The molecule has 0 saturated carbocycles. The quantitative estimate of drug-likeness (QED) is 0.800. The number of carbonyl (C=O) groups excluding carboxylic acids is 1. The molecule has 1 unspecified atom stereocenters. The van der Waals surface area contributed by atoms with Gasteiger partial charge < -0.3 is 9.64 Å². The lowest BCUT2D eigenvalue weighted by Crippen LogP contribution is -2.45. The minimum absolute atomic E-state index is 0.0556. The molecule has 0 radical (unpaired) electrons. The first-order valence-corrected chi connectivity index (χ1v) is 9.13. The lowest BCUT2D eigenvalue weighted by Gasteiger charge is -2.32. The summed E-state index contributed by atoms with van der Waals surface area (Å²) in [5, 5.41) is 0.271. The Hall–Kier alpha value is -2.21. The third kappa shape index (κ3) is 4.49. The van der Waals surface area contributed by atoms with Crippen LogP contribution in [0.25, 0.3) is 0 Å². The molecule has 1 aliphatic heterocycles. The Kier molecular flexibility index (Phi) is 6.04. The normalized spacial score (nSPS) is 17.2. The summed E-state index contributed by atoms with van der Waals surface area (Å²) in [6.07, 6.45) is 5.77. The number of hydrogen-bond donors (Lipinski definition) is 0. The molecule has 1 aliphatic rings. The number of hydrogen-bond acceptors (Lipinski definition) is 4. The van der Waals surface area contributed by atoms with Crippen LogP contribution in [0.5, 0.6) is 6.01 Å². The molecule has 1 amide bonds. The Bertz CT molecular complexity index is 750. The van der Waals surface area contributed by atoms with Gasteiger partial charge in [-0.1, -0.05) is 24.6 Å². The molecule has 0 spiro atoms. The summed E-state index contributed by atoms with van der Waals surface area (Å²) in [5.74, 6) is -0.618. The predicted octanol–water partition coefficient (Wildman–Crippen LogP) is 3.44. The Balaban J connectivity index is 1.61. The maximum Gasteiger partial charge on any atom is 0.316 e. The first kappa shape index (κ1) is 18.6. The van der Waals surface area contributed by atoms with Crippen LogP contribution in [0.1, 0.15) is 30.9 Å². The van der Waals surface area contributed by atoms with Crippen molar-refractivity contribution in [3.63, 3.8) is 0 Å². The molecule has 0 aliphatic carbocycles. The molecule has 5 nitrogen and oxygen atoms in total. The van der Waals surface area contributed by atoms with Crippen LogP contribution in [0.15, 0.2) is 30.6 Å². The lowest BCUT2D eigenvalue weighted by molar-refractivity contribution is -0.133. The van der Waals surface area contributed by atoms with Crippen molar-refractivity contribution in [2.24, 2.45) is 0 Å². The van der Waals surface area contributed by atoms with E-state index in [0.29, 0.717) is 19.1 Å². The molecule has 1 aromatic carbocycles. The molecule has 2 heterocycles. The number of amides is 1. The second-order valence-corrected chi connectivity index (χ2v) is 6.73. The second-order valence-electron chi connectivity index (χ2n) is 6.33. The fourth-order valence-corrected chi connectivity index (χ4v) is 3.19. The summed E-state index contributed by atoms with van der Waals surface area (Å²) in [6.45, 7) is 3.09. The van der Waals surface area contributed by atoms with Gasteiger partial charge in [-0.15, -0.1) is 0 Å². The first-order valence-electron chi connectivity index (χ1n) is 8.75.